The molecular formula is C15H15FN2O3S. The van der Waals surface area contributed by atoms with Gasteiger partial charge in [-0.25, -0.2) is 17.5 Å². The summed E-state index contributed by atoms with van der Waals surface area (Å²) in [6, 6.07) is 13.0. The van der Waals surface area contributed by atoms with Crippen molar-refractivity contribution >= 4 is 16.2 Å². The molecule has 116 valence electrons. The third-order valence-electron chi connectivity index (χ3n) is 2.88. The van der Waals surface area contributed by atoms with Gasteiger partial charge in [0.1, 0.15) is 12.0 Å². The molecule has 0 bridgehead atoms. The second kappa shape index (κ2) is 7.15. The summed E-state index contributed by atoms with van der Waals surface area (Å²) in [5.41, 5.74) is 0.840. The molecule has 7 heteroatoms. The lowest BCUT2D eigenvalue weighted by Crippen LogP contribution is -2.26. The lowest BCUT2D eigenvalue weighted by molar-refractivity contribution is 0.215. The van der Waals surface area contributed by atoms with Crippen LogP contribution in [0.2, 0.25) is 0 Å². The molecule has 0 spiro atoms. The average Bonchev–Trinajstić information content (AvgIpc) is 2.52. The van der Waals surface area contributed by atoms with E-state index in [0.717, 1.165) is 0 Å². The van der Waals surface area contributed by atoms with E-state index in [1.54, 1.807) is 30.3 Å². The van der Waals surface area contributed by atoms with Crippen LogP contribution in [-0.2, 0) is 14.9 Å². The van der Waals surface area contributed by atoms with E-state index in [4.69, 9.17) is 0 Å². The van der Waals surface area contributed by atoms with Gasteiger partial charge in [-0.3, -0.25) is 0 Å². The van der Waals surface area contributed by atoms with Crippen molar-refractivity contribution in [2.24, 2.45) is 5.16 Å². The van der Waals surface area contributed by atoms with Crippen LogP contribution in [0.15, 0.2) is 58.6 Å². The SMILES string of the molecule is CON=CCNS(=O)(=O)c1cccc(-c2ccccc2)c1F. The zero-order valence-electron chi connectivity index (χ0n) is 11.9. The largest absolute Gasteiger partial charge is 0.399 e. The molecule has 0 radical (unpaired) electrons. The summed E-state index contributed by atoms with van der Waals surface area (Å²) in [4.78, 5) is 4.02. The molecule has 22 heavy (non-hydrogen) atoms. The van der Waals surface area contributed by atoms with Crippen LogP contribution >= 0.6 is 0 Å². The lowest BCUT2D eigenvalue weighted by atomic mass is 10.1. The average molecular weight is 322 g/mol. The predicted octanol–water partition coefficient (Wildman–Crippen LogP) is 2.40. The Labute approximate surface area is 128 Å². The van der Waals surface area contributed by atoms with E-state index < -0.39 is 20.7 Å². The molecule has 0 aromatic heterocycles. The summed E-state index contributed by atoms with van der Waals surface area (Å²) in [7, 11) is -2.63. The number of sulfonamides is 1. The third-order valence-corrected chi connectivity index (χ3v) is 4.32. The molecule has 0 fully saturated rings. The molecule has 0 aliphatic rings. The highest BCUT2D eigenvalue weighted by atomic mass is 32.2. The number of nitrogens with one attached hydrogen (secondary N) is 1. The summed E-state index contributed by atoms with van der Waals surface area (Å²) in [5, 5.41) is 3.41. The Bertz CT molecular complexity index is 762. The van der Waals surface area contributed by atoms with Crippen LogP contribution in [0, 0.1) is 5.82 Å². The number of hydrogen-bond acceptors (Lipinski definition) is 4. The fourth-order valence-corrected chi connectivity index (χ4v) is 2.95. The van der Waals surface area contributed by atoms with E-state index in [9.17, 15) is 12.8 Å². The number of benzene rings is 2. The van der Waals surface area contributed by atoms with Gasteiger partial charge in [-0.15, -0.1) is 0 Å². The van der Waals surface area contributed by atoms with E-state index >= 15 is 0 Å². The second-order valence-corrected chi connectivity index (χ2v) is 6.04. The molecule has 2 rings (SSSR count). The maximum absolute atomic E-state index is 14.6. The minimum atomic E-state index is -3.97. The normalized spacial score (nSPS) is 11.7. The molecular weight excluding hydrogens is 307 g/mol. The molecule has 1 N–H and O–H groups in total. The van der Waals surface area contributed by atoms with E-state index in [-0.39, 0.29) is 12.1 Å². The van der Waals surface area contributed by atoms with Crippen molar-refractivity contribution in [3.05, 3.63) is 54.3 Å². The van der Waals surface area contributed by atoms with Crippen LogP contribution in [0.1, 0.15) is 0 Å². The van der Waals surface area contributed by atoms with E-state index in [1.807, 2.05) is 0 Å². The second-order valence-electron chi connectivity index (χ2n) is 4.31. The van der Waals surface area contributed by atoms with Crippen molar-refractivity contribution in [3.63, 3.8) is 0 Å². The highest BCUT2D eigenvalue weighted by Gasteiger charge is 2.20. The number of hydrogen-bond donors (Lipinski definition) is 1. The summed E-state index contributed by atoms with van der Waals surface area (Å²) < 4.78 is 41.1. The zero-order chi connectivity index (χ0) is 16.0. The van der Waals surface area contributed by atoms with E-state index in [0.29, 0.717) is 5.56 Å². The first kappa shape index (κ1) is 16.1. The van der Waals surface area contributed by atoms with Crippen molar-refractivity contribution < 1.29 is 17.6 Å². The molecule has 2 aromatic rings. The molecule has 0 amide bonds. The summed E-state index contributed by atoms with van der Waals surface area (Å²) in [6.07, 6.45) is 1.23. The van der Waals surface area contributed by atoms with Gasteiger partial charge in [-0.05, 0) is 11.6 Å². The first-order valence-corrected chi connectivity index (χ1v) is 7.93. The van der Waals surface area contributed by atoms with Crippen molar-refractivity contribution in [2.75, 3.05) is 13.7 Å². The molecule has 2 aromatic carbocycles. The van der Waals surface area contributed by atoms with Gasteiger partial charge in [0, 0.05) is 12.1 Å². The smallest absolute Gasteiger partial charge is 0.243 e. The number of nitrogens with zero attached hydrogens (tertiary/aromatic N) is 1. The van der Waals surface area contributed by atoms with E-state index in [1.165, 1.54) is 31.5 Å². The minimum Gasteiger partial charge on any atom is -0.399 e. The van der Waals surface area contributed by atoms with Crippen molar-refractivity contribution in [1.29, 1.82) is 0 Å². The molecule has 5 nitrogen and oxygen atoms in total. The maximum Gasteiger partial charge on any atom is 0.243 e. The van der Waals surface area contributed by atoms with Crippen LogP contribution < -0.4 is 4.72 Å². The molecule has 0 aliphatic carbocycles. The summed E-state index contributed by atoms with van der Waals surface area (Å²) in [5.74, 6) is -0.787. The number of halogens is 1. The van der Waals surface area contributed by atoms with Gasteiger partial charge in [0.25, 0.3) is 0 Å². The highest BCUT2D eigenvalue weighted by molar-refractivity contribution is 7.89. The first-order chi connectivity index (χ1) is 10.6. The van der Waals surface area contributed by atoms with Crippen LogP contribution in [0.4, 0.5) is 4.39 Å². The summed E-state index contributed by atoms with van der Waals surface area (Å²) in [6.45, 7) is -0.0921. The van der Waals surface area contributed by atoms with Crippen molar-refractivity contribution in [3.8, 4) is 11.1 Å². The fraction of sp³-hybridized carbons (Fsp3) is 0.133. The van der Waals surface area contributed by atoms with Crippen LogP contribution in [0.5, 0.6) is 0 Å². The Morgan fingerprint density at radius 3 is 2.59 bits per heavy atom. The van der Waals surface area contributed by atoms with Gasteiger partial charge in [0.05, 0.1) is 6.21 Å². The first-order valence-electron chi connectivity index (χ1n) is 6.45. The monoisotopic (exact) mass is 322 g/mol. The van der Waals surface area contributed by atoms with Crippen LogP contribution in [0.25, 0.3) is 11.1 Å². The summed E-state index contributed by atoms with van der Waals surface area (Å²) >= 11 is 0. The van der Waals surface area contributed by atoms with Gasteiger partial charge < -0.3 is 4.84 Å². The highest BCUT2D eigenvalue weighted by Crippen LogP contribution is 2.26. The topological polar surface area (TPSA) is 67.8 Å². The fourth-order valence-electron chi connectivity index (χ4n) is 1.90. The van der Waals surface area contributed by atoms with Crippen LogP contribution in [0.3, 0.4) is 0 Å². The molecule has 0 unspecified atom stereocenters. The van der Waals surface area contributed by atoms with Crippen molar-refractivity contribution in [2.45, 2.75) is 4.90 Å². The van der Waals surface area contributed by atoms with Crippen LogP contribution in [-0.4, -0.2) is 28.3 Å². The maximum atomic E-state index is 14.6. The molecule has 0 aliphatic heterocycles. The van der Waals surface area contributed by atoms with Crippen molar-refractivity contribution in [1.82, 2.24) is 4.72 Å². The standard InChI is InChI=1S/C15H15FN2O3S/c1-21-17-10-11-18-22(19,20)14-9-5-8-13(15(14)16)12-6-3-2-4-7-12/h2-10,18H,11H2,1H3. The molecule has 0 saturated carbocycles. The predicted molar refractivity (Wildman–Crippen MR) is 82.5 cm³/mol. The van der Waals surface area contributed by atoms with Gasteiger partial charge in [-0.2, -0.15) is 0 Å². The number of rotatable bonds is 6. The molecule has 0 saturated heterocycles. The molecule has 0 atom stereocenters. The molecule has 0 heterocycles. The zero-order valence-corrected chi connectivity index (χ0v) is 12.7. The quantitative estimate of drug-likeness (QED) is 0.656. The Hall–Kier alpha value is -2.25. The Morgan fingerprint density at radius 2 is 1.91 bits per heavy atom. The third kappa shape index (κ3) is 3.69. The Morgan fingerprint density at radius 1 is 1.18 bits per heavy atom. The Balaban J connectivity index is 2.35. The van der Waals surface area contributed by atoms with E-state index in [2.05, 4.69) is 14.7 Å². The lowest BCUT2D eigenvalue weighted by Gasteiger charge is -2.09. The Kier molecular flexibility index (Phi) is 5.24. The van der Waals surface area contributed by atoms with Gasteiger partial charge >= 0.3 is 0 Å². The van der Waals surface area contributed by atoms with Gasteiger partial charge in [-0.1, -0.05) is 47.6 Å². The number of oxime groups is 1. The van der Waals surface area contributed by atoms with Gasteiger partial charge in [0.15, 0.2) is 5.82 Å². The minimum absolute atomic E-state index is 0.0921. The van der Waals surface area contributed by atoms with Gasteiger partial charge in [0.2, 0.25) is 10.0 Å².